The third-order valence-electron chi connectivity index (χ3n) is 2.51. The minimum absolute atomic E-state index is 0.213. The van der Waals surface area contributed by atoms with Crippen molar-refractivity contribution in [2.24, 2.45) is 7.05 Å². The molecule has 2 heterocycles. The lowest BCUT2D eigenvalue weighted by atomic mass is 10.2. The maximum absolute atomic E-state index is 10.2. The van der Waals surface area contributed by atoms with Crippen LogP contribution in [0.4, 0.5) is 0 Å². The quantitative estimate of drug-likeness (QED) is 0.841. The van der Waals surface area contributed by atoms with E-state index < -0.39 is 6.10 Å². The van der Waals surface area contributed by atoms with E-state index >= 15 is 0 Å². The summed E-state index contributed by atoms with van der Waals surface area (Å²) < 4.78 is 11.8. The molecule has 96 valence electrons. The summed E-state index contributed by atoms with van der Waals surface area (Å²) in [7, 11) is 4.73. The number of hydrogen-bond donors (Lipinski definition) is 1. The van der Waals surface area contributed by atoms with Gasteiger partial charge in [0.2, 0.25) is 11.8 Å². The van der Waals surface area contributed by atoms with Gasteiger partial charge in [-0.05, 0) is 0 Å². The maximum atomic E-state index is 10.2. The van der Waals surface area contributed by atoms with Gasteiger partial charge in [0.1, 0.15) is 11.5 Å². The van der Waals surface area contributed by atoms with Crippen molar-refractivity contribution >= 4 is 0 Å². The molecule has 1 atom stereocenters. The topological polar surface area (TPSA) is 82.3 Å². The predicted molar refractivity (Wildman–Crippen MR) is 62.4 cm³/mol. The van der Waals surface area contributed by atoms with Crippen LogP contribution in [0.25, 0.3) is 0 Å². The molecule has 0 saturated carbocycles. The number of aromatic nitrogens is 4. The summed E-state index contributed by atoms with van der Waals surface area (Å²) in [5, 5.41) is 10.2. The monoisotopic (exact) mass is 250 g/mol. The van der Waals surface area contributed by atoms with Gasteiger partial charge in [0, 0.05) is 19.4 Å². The van der Waals surface area contributed by atoms with Crippen LogP contribution < -0.4 is 9.47 Å². The van der Waals surface area contributed by atoms with Crippen LogP contribution in [0.3, 0.4) is 0 Å². The summed E-state index contributed by atoms with van der Waals surface area (Å²) in [6.45, 7) is 0. The molecule has 2 aromatic heterocycles. The number of imidazole rings is 1. The van der Waals surface area contributed by atoms with E-state index in [1.54, 1.807) is 24.0 Å². The largest absolute Gasteiger partial charge is 0.480 e. The van der Waals surface area contributed by atoms with Crippen LogP contribution in [0.5, 0.6) is 11.8 Å². The Bertz CT molecular complexity index is 541. The molecular weight excluding hydrogens is 236 g/mol. The van der Waals surface area contributed by atoms with Gasteiger partial charge in [-0.15, -0.1) is 0 Å². The third-order valence-corrected chi connectivity index (χ3v) is 2.51. The Morgan fingerprint density at radius 2 is 2.06 bits per heavy atom. The summed E-state index contributed by atoms with van der Waals surface area (Å²) in [6, 6.07) is 0. The van der Waals surface area contributed by atoms with Crippen LogP contribution in [0.1, 0.15) is 17.6 Å². The fourth-order valence-electron chi connectivity index (χ4n) is 1.57. The van der Waals surface area contributed by atoms with Crippen molar-refractivity contribution in [1.29, 1.82) is 0 Å². The summed E-state index contributed by atoms with van der Waals surface area (Å²) >= 11 is 0. The Morgan fingerprint density at radius 1 is 1.28 bits per heavy atom. The van der Waals surface area contributed by atoms with Crippen LogP contribution in [0, 0.1) is 0 Å². The summed E-state index contributed by atoms with van der Waals surface area (Å²) in [5.74, 6) is 1.00. The van der Waals surface area contributed by atoms with Crippen LogP contribution in [-0.4, -0.2) is 38.8 Å². The molecule has 7 nitrogen and oxygen atoms in total. The van der Waals surface area contributed by atoms with E-state index in [4.69, 9.17) is 9.47 Å². The van der Waals surface area contributed by atoms with E-state index in [0.717, 1.165) is 0 Å². The van der Waals surface area contributed by atoms with E-state index in [1.807, 2.05) is 0 Å². The lowest BCUT2D eigenvalue weighted by molar-refractivity contribution is 0.193. The van der Waals surface area contributed by atoms with Crippen molar-refractivity contribution in [2.45, 2.75) is 6.10 Å². The molecule has 0 amide bonds. The minimum Gasteiger partial charge on any atom is -0.480 e. The number of aliphatic hydroxyl groups excluding tert-OH is 1. The number of ether oxygens (including phenoxy) is 2. The smallest absolute Gasteiger partial charge is 0.241 e. The molecule has 18 heavy (non-hydrogen) atoms. The SMILES string of the molecule is COc1cnc(C(O)c2nccn2C)c(OC)n1. The molecule has 2 rings (SSSR count). The number of nitrogens with zero attached hydrogens (tertiary/aromatic N) is 4. The molecule has 1 N–H and O–H groups in total. The van der Waals surface area contributed by atoms with Gasteiger partial charge in [0.25, 0.3) is 0 Å². The van der Waals surface area contributed by atoms with Gasteiger partial charge in [-0.3, -0.25) is 0 Å². The Hall–Kier alpha value is -2.15. The highest BCUT2D eigenvalue weighted by Gasteiger charge is 2.22. The average molecular weight is 250 g/mol. The number of methoxy groups -OCH3 is 2. The normalized spacial score (nSPS) is 12.2. The second kappa shape index (κ2) is 5.01. The summed E-state index contributed by atoms with van der Waals surface area (Å²) in [4.78, 5) is 12.2. The zero-order chi connectivity index (χ0) is 13.1. The Kier molecular flexibility index (Phi) is 3.42. The van der Waals surface area contributed by atoms with Crippen molar-refractivity contribution in [3.05, 3.63) is 30.1 Å². The highest BCUT2D eigenvalue weighted by Crippen LogP contribution is 2.26. The zero-order valence-corrected chi connectivity index (χ0v) is 10.4. The lowest BCUT2D eigenvalue weighted by Gasteiger charge is -2.13. The van der Waals surface area contributed by atoms with Gasteiger partial charge in [0.05, 0.1) is 20.4 Å². The first kappa shape index (κ1) is 12.3. The van der Waals surface area contributed by atoms with Crippen LogP contribution in [-0.2, 0) is 7.05 Å². The highest BCUT2D eigenvalue weighted by molar-refractivity contribution is 5.28. The fourth-order valence-corrected chi connectivity index (χ4v) is 1.57. The number of rotatable bonds is 4. The number of hydrogen-bond acceptors (Lipinski definition) is 6. The zero-order valence-electron chi connectivity index (χ0n) is 10.4. The van der Waals surface area contributed by atoms with Gasteiger partial charge in [-0.2, -0.15) is 4.98 Å². The van der Waals surface area contributed by atoms with E-state index in [0.29, 0.717) is 17.4 Å². The molecule has 0 aromatic carbocycles. The van der Waals surface area contributed by atoms with Gasteiger partial charge < -0.3 is 19.1 Å². The molecule has 2 aromatic rings. The van der Waals surface area contributed by atoms with E-state index in [9.17, 15) is 5.11 Å². The Morgan fingerprint density at radius 3 is 2.61 bits per heavy atom. The maximum Gasteiger partial charge on any atom is 0.241 e. The van der Waals surface area contributed by atoms with Gasteiger partial charge >= 0.3 is 0 Å². The summed E-state index contributed by atoms with van der Waals surface area (Å²) in [6.07, 6.45) is 3.76. The van der Waals surface area contributed by atoms with Gasteiger partial charge in [-0.25, -0.2) is 9.97 Å². The second-order valence-electron chi connectivity index (χ2n) is 3.61. The van der Waals surface area contributed by atoms with Crippen LogP contribution in [0.15, 0.2) is 18.6 Å². The first-order chi connectivity index (χ1) is 8.67. The first-order valence-electron chi connectivity index (χ1n) is 5.27. The van der Waals surface area contributed by atoms with E-state index in [-0.39, 0.29) is 5.88 Å². The molecular formula is C11H14N4O3. The fraction of sp³-hybridized carbons (Fsp3) is 0.364. The lowest BCUT2D eigenvalue weighted by Crippen LogP contribution is -2.11. The highest BCUT2D eigenvalue weighted by atomic mass is 16.5. The third kappa shape index (κ3) is 2.12. The number of aryl methyl sites for hydroxylation is 1. The first-order valence-corrected chi connectivity index (χ1v) is 5.27. The molecule has 0 bridgehead atoms. The molecule has 7 heteroatoms. The predicted octanol–water partition coefficient (Wildman–Crippen LogP) is 0.309. The van der Waals surface area contributed by atoms with E-state index in [1.165, 1.54) is 20.4 Å². The minimum atomic E-state index is -1.00. The molecule has 1 unspecified atom stereocenters. The standard InChI is InChI=1S/C11H14N4O3/c1-15-5-4-12-10(15)9(16)8-11(18-3)14-7(17-2)6-13-8/h4-6,9,16H,1-3H3. The summed E-state index contributed by atoms with van der Waals surface area (Å²) in [5.41, 5.74) is 0.299. The van der Waals surface area contributed by atoms with Crippen molar-refractivity contribution < 1.29 is 14.6 Å². The molecule has 0 aliphatic heterocycles. The van der Waals surface area contributed by atoms with E-state index in [2.05, 4.69) is 15.0 Å². The Balaban J connectivity index is 2.41. The number of aliphatic hydroxyl groups is 1. The van der Waals surface area contributed by atoms with Crippen molar-refractivity contribution in [3.8, 4) is 11.8 Å². The molecule has 0 aliphatic rings. The van der Waals surface area contributed by atoms with Gasteiger partial charge in [-0.1, -0.05) is 0 Å². The van der Waals surface area contributed by atoms with Crippen molar-refractivity contribution in [2.75, 3.05) is 14.2 Å². The van der Waals surface area contributed by atoms with Gasteiger partial charge in [0.15, 0.2) is 6.10 Å². The second-order valence-corrected chi connectivity index (χ2v) is 3.61. The molecule has 0 fully saturated rings. The molecule has 0 spiro atoms. The Labute approximate surface area is 104 Å². The van der Waals surface area contributed by atoms with Crippen molar-refractivity contribution in [3.63, 3.8) is 0 Å². The van der Waals surface area contributed by atoms with Crippen LogP contribution in [0.2, 0.25) is 0 Å². The molecule has 0 aliphatic carbocycles. The molecule has 0 saturated heterocycles. The van der Waals surface area contributed by atoms with Crippen molar-refractivity contribution in [1.82, 2.24) is 19.5 Å². The van der Waals surface area contributed by atoms with Crippen LogP contribution >= 0.6 is 0 Å². The molecule has 0 radical (unpaired) electrons. The average Bonchev–Trinajstić information content (AvgIpc) is 2.83.